The van der Waals surface area contributed by atoms with E-state index in [2.05, 4.69) is 0 Å². The molecular formula is C14H8F3NO2. The van der Waals surface area contributed by atoms with Crippen LogP contribution in [0.4, 0.5) is 13.2 Å². The number of aromatic nitrogens is 1. The van der Waals surface area contributed by atoms with E-state index in [4.69, 9.17) is 4.42 Å². The molecule has 0 aliphatic rings. The van der Waals surface area contributed by atoms with Crippen molar-refractivity contribution in [2.75, 3.05) is 0 Å². The summed E-state index contributed by atoms with van der Waals surface area (Å²) in [7, 11) is 0. The Morgan fingerprint density at radius 3 is 2.40 bits per heavy atom. The number of rotatable bonds is 1. The monoisotopic (exact) mass is 279 g/mol. The third-order valence-electron chi connectivity index (χ3n) is 2.94. The van der Waals surface area contributed by atoms with Gasteiger partial charge in [0, 0.05) is 35.6 Å². The van der Waals surface area contributed by atoms with Crippen molar-refractivity contribution in [2.45, 2.75) is 6.18 Å². The molecule has 2 heterocycles. The molecule has 0 amide bonds. The molecule has 0 atom stereocenters. The molecule has 0 spiro atoms. The van der Waals surface area contributed by atoms with E-state index >= 15 is 0 Å². The number of fused-ring (bicyclic) bond motifs is 1. The van der Waals surface area contributed by atoms with Crippen molar-refractivity contribution in [3.8, 4) is 5.69 Å². The van der Waals surface area contributed by atoms with Gasteiger partial charge in [0.1, 0.15) is 5.58 Å². The normalized spacial score (nSPS) is 11.9. The minimum absolute atomic E-state index is 0.0870. The van der Waals surface area contributed by atoms with Crippen LogP contribution in [0, 0.1) is 0 Å². The third kappa shape index (κ3) is 2.09. The Bertz CT molecular complexity index is 817. The highest BCUT2D eigenvalue weighted by Gasteiger charge is 2.33. The molecule has 6 heteroatoms. The number of alkyl halides is 3. The van der Waals surface area contributed by atoms with Crippen molar-refractivity contribution < 1.29 is 17.6 Å². The first-order chi connectivity index (χ1) is 9.45. The first-order valence-corrected chi connectivity index (χ1v) is 5.73. The molecule has 0 saturated heterocycles. The van der Waals surface area contributed by atoms with Crippen molar-refractivity contribution in [1.29, 1.82) is 0 Å². The van der Waals surface area contributed by atoms with E-state index in [0.717, 1.165) is 0 Å². The fourth-order valence-electron chi connectivity index (χ4n) is 2.05. The molecule has 0 fully saturated rings. The highest BCUT2D eigenvalue weighted by atomic mass is 19.4. The van der Waals surface area contributed by atoms with E-state index in [9.17, 15) is 18.0 Å². The van der Waals surface area contributed by atoms with E-state index in [0.29, 0.717) is 11.8 Å². The van der Waals surface area contributed by atoms with Crippen molar-refractivity contribution in [3.63, 3.8) is 0 Å². The van der Waals surface area contributed by atoms with Crippen LogP contribution in [0.2, 0.25) is 0 Å². The highest BCUT2D eigenvalue weighted by molar-refractivity contribution is 5.82. The summed E-state index contributed by atoms with van der Waals surface area (Å²) >= 11 is 0. The molecule has 102 valence electrons. The zero-order valence-electron chi connectivity index (χ0n) is 10.0. The summed E-state index contributed by atoms with van der Waals surface area (Å²) in [5, 5.41) is -0.131. The number of hydrogen-bond acceptors (Lipinski definition) is 2. The van der Waals surface area contributed by atoms with E-state index in [1.54, 1.807) is 29.1 Å². The molecule has 0 N–H and O–H groups in total. The van der Waals surface area contributed by atoms with E-state index < -0.39 is 17.4 Å². The van der Waals surface area contributed by atoms with E-state index in [-0.39, 0.29) is 11.0 Å². The smallest absolute Gasteiger partial charge is 0.417 e. The predicted octanol–water partition coefficient (Wildman–Crippen LogP) is 3.60. The Labute approximate surface area is 110 Å². The summed E-state index contributed by atoms with van der Waals surface area (Å²) in [5.74, 6) is 0. The fourth-order valence-corrected chi connectivity index (χ4v) is 2.05. The Morgan fingerprint density at radius 1 is 1.05 bits per heavy atom. The predicted molar refractivity (Wildman–Crippen MR) is 66.8 cm³/mol. The van der Waals surface area contributed by atoms with E-state index in [1.807, 2.05) is 0 Å². The lowest BCUT2D eigenvalue weighted by atomic mass is 10.1. The average Bonchev–Trinajstić information content (AvgIpc) is 2.89. The molecule has 0 aliphatic heterocycles. The summed E-state index contributed by atoms with van der Waals surface area (Å²) in [6, 6.07) is 8.29. The van der Waals surface area contributed by atoms with Crippen LogP contribution in [-0.2, 0) is 6.18 Å². The van der Waals surface area contributed by atoms with Crippen molar-refractivity contribution in [2.24, 2.45) is 0 Å². The second kappa shape index (κ2) is 4.26. The summed E-state index contributed by atoms with van der Waals surface area (Å²) < 4.78 is 45.2. The van der Waals surface area contributed by atoms with Crippen molar-refractivity contribution in [1.82, 2.24) is 4.57 Å². The summed E-state index contributed by atoms with van der Waals surface area (Å²) in [6.45, 7) is 0. The molecule has 0 bridgehead atoms. The van der Waals surface area contributed by atoms with Crippen LogP contribution in [0.25, 0.3) is 16.7 Å². The molecule has 0 aliphatic carbocycles. The maximum atomic E-state index is 12.9. The first kappa shape index (κ1) is 12.5. The van der Waals surface area contributed by atoms with Crippen LogP contribution in [0.15, 0.2) is 58.0 Å². The minimum atomic E-state index is -4.59. The number of nitrogens with zero attached hydrogens (tertiary/aromatic N) is 1. The Morgan fingerprint density at radius 2 is 1.75 bits per heavy atom. The fraction of sp³-hybridized carbons (Fsp3) is 0.0714. The first-order valence-electron chi connectivity index (χ1n) is 5.73. The Hall–Kier alpha value is -2.50. The van der Waals surface area contributed by atoms with Gasteiger partial charge in [-0.3, -0.25) is 0 Å². The average molecular weight is 279 g/mol. The molecule has 0 saturated carbocycles. The molecule has 20 heavy (non-hydrogen) atoms. The highest BCUT2D eigenvalue weighted by Crippen LogP contribution is 2.34. The van der Waals surface area contributed by atoms with Crippen LogP contribution in [0.1, 0.15) is 5.56 Å². The van der Waals surface area contributed by atoms with E-state index in [1.165, 1.54) is 18.2 Å². The van der Waals surface area contributed by atoms with Crippen molar-refractivity contribution in [3.05, 3.63) is 64.8 Å². The van der Waals surface area contributed by atoms with Crippen LogP contribution in [0.3, 0.4) is 0 Å². The molecule has 2 aromatic heterocycles. The lowest BCUT2D eigenvalue weighted by Gasteiger charge is -2.10. The van der Waals surface area contributed by atoms with Gasteiger partial charge >= 0.3 is 11.8 Å². The number of hydrogen-bond donors (Lipinski definition) is 0. The van der Waals surface area contributed by atoms with Crippen LogP contribution >= 0.6 is 0 Å². The summed E-state index contributed by atoms with van der Waals surface area (Å²) in [5.41, 5.74) is -1.47. The second-order valence-corrected chi connectivity index (χ2v) is 4.25. The van der Waals surface area contributed by atoms with Crippen molar-refractivity contribution >= 4 is 11.0 Å². The van der Waals surface area contributed by atoms with Gasteiger partial charge in [0.05, 0.1) is 5.56 Å². The minimum Gasteiger partial charge on any atom is -0.423 e. The number of halogens is 3. The maximum Gasteiger partial charge on any atom is 0.417 e. The quantitative estimate of drug-likeness (QED) is 0.638. The van der Waals surface area contributed by atoms with Crippen LogP contribution < -0.4 is 5.63 Å². The molecule has 3 nitrogen and oxygen atoms in total. The zero-order chi connectivity index (χ0) is 14.3. The van der Waals surface area contributed by atoms with Gasteiger partial charge < -0.3 is 8.98 Å². The second-order valence-electron chi connectivity index (χ2n) is 4.25. The molecule has 0 radical (unpaired) electrons. The van der Waals surface area contributed by atoms with Gasteiger partial charge in [0.15, 0.2) is 0 Å². The lowest BCUT2D eigenvalue weighted by molar-refractivity contribution is -0.136. The Balaban J connectivity index is 2.29. The largest absolute Gasteiger partial charge is 0.423 e. The van der Waals surface area contributed by atoms with Crippen LogP contribution in [-0.4, -0.2) is 4.57 Å². The summed E-state index contributed by atoms with van der Waals surface area (Å²) in [4.78, 5) is 11.3. The van der Waals surface area contributed by atoms with Gasteiger partial charge in [-0.2, -0.15) is 13.2 Å². The van der Waals surface area contributed by atoms with Gasteiger partial charge in [0.25, 0.3) is 0 Å². The third-order valence-corrected chi connectivity index (χ3v) is 2.94. The topological polar surface area (TPSA) is 35.1 Å². The molecule has 3 aromatic rings. The Kier molecular flexibility index (Phi) is 2.67. The lowest BCUT2D eigenvalue weighted by Crippen LogP contribution is -2.11. The van der Waals surface area contributed by atoms with Crippen LogP contribution in [0.5, 0.6) is 0 Å². The van der Waals surface area contributed by atoms with Gasteiger partial charge in [-0.25, -0.2) is 4.79 Å². The molecule has 1 aromatic carbocycles. The van der Waals surface area contributed by atoms with Gasteiger partial charge in [-0.05, 0) is 24.3 Å². The van der Waals surface area contributed by atoms with Gasteiger partial charge in [-0.1, -0.05) is 0 Å². The van der Waals surface area contributed by atoms with Gasteiger partial charge in [-0.15, -0.1) is 0 Å². The molecule has 0 unspecified atom stereocenters. The SMILES string of the molecule is O=c1cc(C(F)(F)F)c2ccc(-n3cccc3)cc2o1. The maximum absolute atomic E-state index is 12.9. The number of benzene rings is 1. The summed E-state index contributed by atoms with van der Waals surface area (Å²) in [6.07, 6.45) is -1.11. The zero-order valence-corrected chi connectivity index (χ0v) is 10.0. The van der Waals surface area contributed by atoms with Gasteiger partial charge in [0.2, 0.25) is 0 Å². The molecule has 3 rings (SSSR count). The standard InChI is InChI=1S/C14H8F3NO2/c15-14(16,17)11-8-13(19)20-12-7-9(3-4-10(11)12)18-5-1-2-6-18/h1-8H. The molecular weight excluding hydrogens is 271 g/mol.